The molecule has 1 aromatic rings. The molecule has 3 nitrogen and oxygen atoms in total. The van der Waals surface area contributed by atoms with Crippen LogP contribution in [0, 0.1) is 5.82 Å². The molecule has 0 saturated carbocycles. The molecule has 3 unspecified atom stereocenters. The fourth-order valence-corrected chi connectivity index (χ4v) is 2.29. The lowest BCUT2D eigenvalue weighted by molar-refractivity contribution is -0.0622. The zero-order valence-corrected chi connectivity index (χ0v) is 10.8. The summed E-state index contributed by atoms with van der Waals surface area (Å²) in [7, 11) is 0. The maximum Gasteiger partial charge on any atom is 0.129 e. The third-order valence-electron chi connectivity index (χ3n) is 3.41. The Hall–Kier alpha value is -0.970. The van der Waals surface area contributed by atoms with Gasteiger partial charge in [-0.1, -0.05) is 18.2 Å². The number of nitrogens with zero attached hydrogens (tertiary/aromatic N) is 1. The van der Waals surface area contributed by atoms with E-state index in [0.29, 0.717) is 18.7 Å². The number of ether oxygens (including phenoxy) is 1. The van der Waals surface area contributed by atoms with Crippen molar-refractivity contribution in [1.82, 2.24) is 4.90 Å². The SMILES string of the molecule is CC1CN(CC(O)c2ccccc2F)C(C)CO1. The average Bonchev–Trinajstić information content (AvgIpc) is 2.34. The van der Waals surface area contributed by atoms with Crippen LogP contribution in [0.2, 0.25) is 0 Å². The Balaban J connectivity index is 2.02. The number of aliphatic hydroxyl groups excluding tert-OH is 1. The van der Waals surface area contributed by atoms with Gasteiger partial charge in [0.05, 0.1) is 18.8 Å². The predicted molar refractivity (Wildman–Crippen MR) is 67.8 cm³/mol. The second-order valence-electron chi connectivity index (χ2n) is 4.98. The van der Waals surface area contributed by atoms with Crippen molar-refractivity contribution in [1.29, 1.82) is 0 Å². The van der Waals surface area contributed by atoms with Crippen LogP contribution in [-0.2, 0) is 4.74 Å². The van der Waals surface area contributed by atoms with E-state index < -0.39 is 6.10 Å². The number of β-amino-alcohol motifs (C(OH)–C–C–N with tert-alkyl or cyclic N) is 1. The Labute approximate surface area is 107 Å². The number of aliphatic hydroxyl groups is 1. The first-order chi connectivity index (χ1) is 8.58. The molecule has 1 N–H and O–H groups in total. The summed E-state index contributed by atoms with van der Waals surface area (Å²) < 4.78 is 19.1. The molecule has 1 aliphatic heterocycles. The highest BCUT2D eigenvalue weighted by Gasteiger charge is 2.26. The van der Waals surface area contributed by atoms with E-state index >= 15 is 0 Å². The van der Waals surface area contributed by atoms with Gasteiger partial charge >= 0.3 is 0 Å². The summed E-state index contributed by atoms with van der Waals surface area (Å²) in [6, 6.07) is 6.64. The van der Waals surface area contributed by atoms with Crippen LogP contribution in [0.4, 0.5) is 4.39 Å². The largest absolute Gasteiger partial charge is 0.387 e. The first-order valence-electron chi connectivity index (χ1n) is 6.36. The minimum Gasteiger partial charge on any atom is -0.387 e. The number of halogens is 1. The van der Waals surface area contributed by atoms with Gasteiger partial charge in [0.25, 0.3) is 0 Å². The highest BCUT2D eigenvalue weighted by Crippen LogP contribution is 2.20. The van der Waals surface area contributed by atoms with E-state index in [1.165, 1.54) is 6.07 Å². The number of hydrogen-bond donors (Lipinski definition) is 1. The van der Waals surface area contributed by atoms with Crippen LogP contribution in [0.15, 0.2) is 24.3 Å². The zero-order valence-electron chi connectivity index (χ0n) is 10.8. The molecule has 0 amide bonds. The third-order valence-corrected chi connectivity index (χ3v) is 3.41. The van der Waals surface area contributed by atoms with E-state index in [0.717, 1.165) is 6.54 Å². The van der Waals surface area contributed by atoms with Gasteiger partial charge in [0, 0.05) is 24.7 Å². The molecule has 2 rings (SSSR count). The van der Waals surface area contributed by atoms with Gasteiger partial charge in [0.1, 0.15) is 5.82 Å². The summed E-state index contributed by atoms with van der Waals surface area (Å²) in [5.41, 5.74) is 0.365. The quantitative estimate of drug-likeness (QED) is 0.894. The smallest absolute Gasteiger partial charge is 0.129 e. The average molecular weight is 253 g/mol. The van der Waals surface area contributed by atoms with E-state index in [4.69, 9.17) is 4.74 Å². The minimum absolute atomic E-state index is 0.161. The number of hydrogen-bond acceptors (Lipinski definition) is 3. The maximum atomic E-state index is 13.6. The first-order valence-corrected chi connectivity index (χ1v) is 6.36. The minimum atomic E-state index is -0.793. The van der Waals surface area contributed by atoms with Gasteiger partial charge in [-0.15, -0.1) is 0 Å². The third kappa shape index (κ3) is 3.07. The Kier molecular flexibility index (Phi) is 4.32. The Morgan fingerprint density at radius 3 is 2.89 bits per heavy atom. The molecule has 0 aromatic heterocycles. The summed E-state index contributed by atoms with van der Waals surface area (Å²) in [5, 5.41) is 10.1. The van der Waals surface area contributed by atoms with Gasteiger partial charge in [-0.05, 0) is 19.9 Å². The Bertz CT molecular complexity index is 399. The van der Waals surface area contributed by atoms with Crippen LogP contribution in [0.3, 0.4) is 0 Å². The normalized spacial score (nSPS) is 27.1. The molecule has 1 heterocycles. The van der Waals surface area contributed by atoms with Gasteiger partial charge < -0.3 is 9.84 Å². The Morgan fingerprint density at radius 1 is 1.44 bits per heavy atom. The molecule has 1 aliphatic rings. The lowest BCUT2D eigenvalue weighted by Crippen LogP contribution is -2.48. The number of benzene rings is 1. The molecule has 0 bridgehead atoms. The summed E-state index contributed by atoms with van der Waals surface area (Å²) in [5.74, 6) is -0.348. The second kappa shape index (κ2) is 5.78. The van der Waals surface area contributed by atoms with Gasteiger partial charge in [-0.25, -0.2) is 4.39 Å². The molecule has 18 heavy (non-hydrogen) atoms. The van der Waals surface area contributed by atoms with E-state index in [-0.39, 0.29) is 18.0 Å². The van der Waals surface area contributed by atoms with Gasteiger partial charge in [-0.2, -0.15) is 0 Å². The molecule has 4 heteroatoms. The van der Waals surface area contributed by atoms with Gasteiger partial charge in [0.2, 0.25) is 0 Å². The number of rotatable bonds is 3. The molecular weight excluding hydrogens is 233 g/mol. The lowest BCUT2D eigenvalue weighted by atomic mass is 10.1. The van der Waals surface area contributed by atoms with E-state index in [2.05, 4.69) is 11.8 Å². The van der Waals surface area contributed by atoms with Crippen LogP contribution in [0.25, 0.3) is 0 Å². The summed E-state index contributed by atoms with van der Waals surface area (Å²) in [6.07, 6.45) is -0.632. The molecule has 0 spiro atoms. The summed E-state index contributed by atoms with van der Waals surface area (Å²) in [4.78, 5) is 2.14. The van der Waals surface area contributed by atoms with E-state index in [1.807, 2.05) is 6.92 Å². The monoisotopic (exact) mass is 253 g/mol. The topological polar surface area (TPSA) is 32.7 Å². The molecule has 0 radical (unpaired) electrons. The van der Waals surface area contributed by atoms with E-state index in [1.54, 1.807) is 18.2 Å². The van der Waals surface area contributed by atoms with E-state index in [9.17, 15) is 9.50 Å². The van der Waals surface area contributed by atoms with Crippen molar-refractivity contribution in [2.45, 2.75) is 32.1 Å². The molecule has 0 aliphatic carbocycles. The van der Waals surface area contributed by atoms with Crippen LogP contribution >= 0.6 is 0 Å². The number of morpholine rings is 1. The highest BCUT2D eigenvalue weighted by atomic mass is 19.1. The fourth-order valence-electron chi connectivity index (χ4n) is 2.29. The zero-order chi connectivity index (χ0) is 13.1. The molecule has 1 aromatic carbocycles. The van der Waals surface area contributed by atoms with Crippen LogP contribution in [0.1, 0.15) is 25.5 Å². The fraction of sp³-hybridized carbons (Fsp3) is 0.571. The van der Waals surface area contributed by atoms with Crippen LogP contribution in [-0.4, -0.2) is 41.8 Å². The van der Waals surface area contributed by atoms with Crippen molar-refractivity contribution < 1.29 is 14.2 Å². The summed E-state index contributed by atoms with van der Waals surface area (Å²) >= 11 is 0. The molecule has 100 valence electrons. The Morgan fingerprint density at radius 2 is 2.17 bits per heavy atom. The van der Waals surface area contributed by atoms with Crippen molar-refractivity contribution in [2.75, 3.05) is 19.7 Å². The van der Waals surface area contributed by atoms with Crippen molar-refractivity contribution in [3.63, 3.8) is 0 Å². The molecule has 3 atom stereocenters. The van der Waals surface area contributed by atoms with Crippen molar-refractivity contribution in [3.8, 4) is 0 Å². The van der Waals surface area contributed by atoms with Crippen LogP contribution < -0.4 is 0 Å². The highest BCUT2D eigenvalue weighted by molar-refractivity contribution is 5.20. The first kappa shape index (κ1) is 13.5. The van der Waals surface area contributed by atoms with Crippen molar-refractivity contribution in [3.05, 3.63) is 35.6 Å². The molecule has 1 fully saturated rings. The maximum absolute atomic E-state index is 13.6. The molecule has 1 saturated heterocycles. The van der Waals surface area contributed by atoms with Gasteiger partial charge in [0.15, 0.2) is 0 Å². The van der Waals surface area contributed by atoms with Crippen molar-refractivity contribution >= 4 is 0 Å². The van der Waals surface area contributed by atoms with Gasteiger partial charge in [-0.3, -0.25) is 4.90 Å². The molecular formula is C14H20FNO2. The van der Waals surface area contributed by atoms with Crippen LogP contribution in [0.5, 0.6) is 0 Å². The predicted octanol–water partition coefficient (Wildman–Crippen LogP) is 1.97. The summed E-state index contributed by atoms with van der Waals surface area (Å²) in [6.45, 7) is 5.93. The standard InChI is InChI=1S/C14H20FNO2/c1-10-9-18-11(2)7-16(10)8-14(17)12-5-3-4-6-13(12)15/h3-6,10-11,14,17H,7-9H2,1-2H3. The lowest BCUT2D eigenvalue weighted by Gasteiger charge is -2.37. The second-order valence-corrected chi connectivity index (χ2v) is 4.98. The van der Waals surface area contributed by atoms with Crippen molar-refractivity contribution in [2.24, 2.45) is 0 Å².